The van der Waals surface area contributed by atoms with Crippen molar-refractivity contribution < 1.29 is 0 Å². The predicted octanol–water partition coefficient (Wildman–Crippen LogP) is 3.12. The van der Waals surface area contributed by atoms with Gasteiger partial charge in [-0.2, -0.15) is 0 Å². The number of thiophene rings is 1. The normalized spacial score (nSPS) is 12.2. The van der Waals surface area contributed by atoms with Crippen molar-refractivity contribution in [2.24, 2.45) is 5.73 Å². The second-order valence-electron chi connectivity index (χ2n) is 5.03. The quantitative estimate of drug-likeness (QED) is 0.853. The summed E-state index contributed by atoms with van der Waals surface area (Å²) in [7, 11) is 0. The molecule has 1 aromatic heterocycles. The third-order valence-electron chi connectivity index (χ3n) is 3.09. The van der Waals surface area contributed by atoms with Crippen LogP contribution in [0.25, 0.3) is 10.1 Å². The van der Waals surface area contributed by atoms with Gasteiger partial charge in [-0.3, -0.25) is 0 Å². The van der Waals surface area contributed by atoms with E-state index in [4.69, 9.17) is 5.73 Å². The summed E-state index contributed by atoms with van der Waals surface area (Å²) < 4.78 is 1.36. The van der Waals surface area contributed by atoms with E-state index in [1.54, 1.807) is 0 Å². The van der Waals surface area contributed by atoms with Crippen LogP contribution in [-0.4, -0.2) is 12.1 Å². The Balaban J connectivity index is 2.09. The molecule has 0 saturated carbocycles. The van der Waals surface area contributed by atoms with Gasteiger partial charge in [-0.15, -0.1) is 11.3 Å². The van der Waals surface area contributed by atoms with Gasteiger partial charge < -0.3 is 11.1 Å². The molecule has 0 fully saturated rings. The molecule has 0 aliphatic carbocycles. The standard InChI is InChI=1S/C14H20N2S/c1-14(2,7-8-15)16-9-11-10-17-13-6-4-3-5-12(11)13/h3-6,10,16H,7-9,15H2,1-2H3. The number of fused-ring (bicyclic) bond motifs is 1. The van der Waals surface area contributed by atoms with Crippen LogP contribution in [0.5, 0.6) is 0 Å². The topological polar surface area (TPSA) is 38.0 Å². The van der Waals surface area contributed by atoms with Crippen LogP contribution in [0.1, 0.15) is 25.8 Å². The van der Waals surface area contributed by atoms with E-state index in [1.807, 2.05) is 11.3 Å². The number of rotatable bonds is 5. The number of benzene rings is 1. The summed E-state index contributed by atoms with van der Waals surface area (Å²) in [5, 5.41) is 7.20. The first-order valence-electron chi connectivity index (χ1n) is 6.02. The van der Waals surface area contributed by atoms with Gasteiger partial charge in [0.05, 0.1) is 0 Å². The second-order valence-corrected chi connectivity index (χ2v) is 5.94. The van der Waals surface area contributed by atoms with Crippen LogP contribution >= 0.6 is 11.3 Å². The van der Waals surface area contributed by atoms with Gasteiger partial charge in [-0.25, -0.2) is 0 Å². The fraction of sp³-hybridized carbons (Fsp3) is 0.429. The first-order valence-corrected chi connectivity index (χ1v) is 6.90. The summed E-state index contributed by atoms with van der Waals surface area (Å²) in [5.41, 5.74) is 7.11. The van der Waals surface area contributed by atoms with Crippen molar-refractivity contribution in [1.29, 1.82) is 0 Å². The molecule has 2 nitrogen and oxygen atoms in total. The van der Waals surface area contributed by atoms with Crippen molar-refractivity contribution in [1.82, 2.24) is 5.32 Å². The lowest BCUT2D eigenvalue weighted by atomic mass is 10.0. The first kappa shape index (κ1) is 12.6. The van der Waals surface area contributed by atoms with Crippen LogP contribution in [0.15, 0.2) is 29.6 Å². The highest BCUT2D eigenvalue weighted by molar-refractivity contribution is 7.17. The molecule has 92 valence electrons. The summed E-state index contributed by atoms with van der Waals surface area (Å²) in [6, 6.07) is 8.56. The Morgan fingerprint density at radius 3 is 2.82 bits per heavy atom. The minimum absolute atomic E-state index is 0.109. The highest BCUT2D eigenvalue weighted by atomic mass is 32.1. The fourth-order valence-electron chi connectivity index (χ4n) is 1.95. The molecule has 0 spiro atoms. The minimum atomic E-state index is 0.109. The van der Waals surface area contributed by atoms with Gasteiger partial charge in [-0.05, 0) is 49.2 Å². The van der Waals surface area contributed by atoms with Crippen molar-refractivity contribution >= 4 is 21.4 Å². The molecule has 0 saturated heterocycles. The van der Waals surface area contributed by atoms with E-state index in [0.29, 0.717) is 0 Å². The fourth-order valence-corrected chi connectivity index (χ4v) is 2.92. The SMILES string of the molecule is CC(C)(CCN)NCc1csc2ccccc12. The van der Waals surface area contributed by atoms with Crippen LogP contribution in [0, 0.1) is 0 Å². The minimum Gasteiger partial charge on any atom is -0.330 e. The molecule has 0 aliphatic heterocycles. The summed E-state index contributed by atoms with van der Waals surface area (Å²) >= 11 is 1.81. The van der Waals surface area contributed by atoms with Crippen molar-refractivity contribution in [2.45, 2.75) is 32.4 Å². The van der Waals surface area contributed by atoms with Crippen molar-refractivity contribution in [3.8, 4) is 0 Å². The molecule has 0 aliphatic rings. The largest absolute Gasteiger partial charge is 0.330 e. The third-order valence-corrected chi connectivity index (χ3v) is 4.10. The summed E-state index contributed by atoms with van der Waals surface area (Å²) in [4.78, 5) is 0. The molecule has 0 bridgehead atoms. The van der Waals surface area contributed by atoms with Crippen LogP contribution in [0.2, 0.25) is 0 Å². The van der Waals surface area contributed by atoms with E-state index < -0.39 is 0 Å². The average molecular weight is 248 g/mol. The summed E-state index contributed by atoms with van der Waals surface area (Å²) in [5.74, 6) is 0. The van der Waals surface area contributed by atoms with Crippen LogP contribution in [0.3, 0.4) is 0 Å². The van der Waals surface area contributed by atoms with Gasteiger partial charge >= 0.3 is 0 Å². The molecule has 17 heavy (non-hydrogen) atoms. The number of hydrogen-bond acceptors (Lipinski definition) is 3. The Kier molecular flexibility index (Phi) is 3.82. The zero-order valence-electron chi connectivity index (χ0n) is 10.5. The zero-order valence-corrected chi connectivity index (χ0v) is 11.3. The Morgan fingerprint density at radius 2 is 2.06 bits per heavy atom. The van der Waals surface area contributed by atoms with Gasteiger partial charge in [0.25, 0.3) is 0 Å². The zero-order chi connectivity index (χ0) is 12.3. The molecule has 0 atom stereocenters. The Labute approximate surface area is 107 Å². The van der Waals surface area contributed by atoms with E-state index in [1.165, 1.54) is 15.6 Å². The average Bonchev–Trinajstić information content (AvgIpc) is 2.70. The number of nitrogens with one attached hydrogen (secondary N) is 1. The third kappa shape index (κ3) is 3.06. The van der Waals surface area contributed by atoms with Crippen LogP contribution < -0.4 is 11.1 Å². The lowest BCUT2D eigenvalue weighted by Crippen LogP contribution is -2.40. The van der Waals surface area contributed by atoms with Crippen molar-refractivity contribution in [3.63, 3.8) is 0 Å². The van der Waals surface area contributed by atoms with Crippen LogP contribution in [0.4, 0.5) is 0 Å². The Hall–Kier alpha value is -0.900. The van der Waals surface area contributed by atoms with Gasteiger partial charge in [0.2, 0.25) is 0 Å². The molecule has 0 amide bonds. The van der Waals surface area contributed by atoms with Gasteiger partial charge in [0, 0.05) is 16.8 Å². The van der Waals surface area contributed by atoms with Gasteiger partial charge in [-0.1, -0.05) is 18.2 Å². The molecule has 2 aromatic rings. The molecule has 2 rings (SSSR count). The first-order chi connectivity index (χ1) is 8.12. The summed E-state index contributed by atoms with van der Waals surface area (Å²) in [6.45, 7) is 6.05. The molecule has 0 radical (unpaired) electrons. The highest BCUT2D eigenvalue weighted by Crippen LogP contribution is 2.25. The number of nitrogens with two attached hydrogens (primary N) is 1. The highest BCUT2D eigenvalue weighted by Gasteiger charge is 2.16. The molecular weight excluding hydrogens is 228 g/mol. The second kappa shape index (κ2) is 5.17. The van der Waals surface area contributed by atoms with Gasteiger partial charge in [0.1, 0.15) is 0 Å². The molecule has 0 unspecified atom stereocenters. The molecule has 1 aromatic carbocycles. The monoisotopic (exact) mass is 248 g/mol. The van der Waals surface area contributed by atoms with E-state index in [-0.39, 0.29) is 5.54 Å². The van der Waals surface area contributed by atoms with Crippen LogP contribution in [-0.2, 0) is 6.54 Å². The van der Waals surface area contributed by atoms with E-state index in [2.05, 4.69) is 48.8 Å². The molecular formula is C14H20N2S. The van der Waals surface area contributed by atoms with Gasteiger partial charge in [0.15, 0.2) is 0 Å². The van der Waals surface area contributed by atoms with E-state index >= 15 is 0 Å². The van der Waals surface area contributed by atoms with E-state index in [9.17, 15) is 0 Å². The lowest BCUT2D eigenvalue weighted by Gasteiger charge is -2.25. The molecule has 3 N–H and O–H groups in total. The maximum atomic E-state index is 5.62. The summed E-state index contributed by atoms with van der Waals surface area (Å²) in [6.07, 6.45) is 0.995. The maximum absolute atomic E-state index is 5.62. The molecule has 3 heteroatoms. The smallest absolute Gasteiger partial charge is 0.0346 e. The van der Waals surface area contributed by atoms with Crippen molar-refractivity contribution in [3.05, 3.63) is 35.2 Å². The Bertz CT molecular complexity index is 488. The maximum Gasteiger partial charge on any atom is 0.0346 e. The Morgan fingerprint density at radius 1 is 1.29 bits per heavy atom. The van der Waals surface area contributed by atoms with Crippen molar-refractivity contribution in [2.75, 3.05) is 6.54 Å². The predicted molar refractivity (Wildman–Crippen MR) is 76.4 cm³/mol. The number of hydrogen-bond donors (Lipinski definition) is 2. The lowest BCUT2D eigenvalue weighted by molar-refractivity contribution is 0.366. The van der Waals surface area contributed by atoms with E-state index in [0.717, 1.165) is 19.5 Å². The molecule has 1 heterocycles.